The van der Waals surface area contributed by atoms with Crippen LogP contribution in [-0.2, 0) is 0 Å². The number of rotatable bonds is 5. The van der Waals surface area contributed by atoms with Gasteiger partial charge in [-0.1, -0.05) is 29.0 Å². The summed E-state index contributed by atoms with van der Waals surface area (Å²) >= 11 is 7.61. The average molecular weight is 442 g/mol. The Morgan fingerprint density at radius 1 is 1.18 bits per heavy atom. The van der Waals surface area contributed by atoms with Crippen LogP contribution in [0.25, 0.3) is 10.2 Å². The number of aryl methyl sites for hydroxylation is 2. The fraction of sp³-hybridized carbons (Fsp3) is 0.300. The second-order valence-corrected chi connectivity index (χ2v) is 8.20. The summed E-state index contributed by atoms with van der Waals surface area (Å²) in [6, 6.07) is 7.94. The van der Waals surface area contributed by atoms with E-state index < -0.39 is 5.82 Å². The van der Waals surface area contributed by atoms with Gasteiger partial charge in [-0.3, -0.25) is 9.69 Å². The van der Waals surface area contributed by atoms with Gasteiger partial charge in [0.15, 0.2) is 5.13 Å². The number of amides is 1. The molecule has 28 heavy (non-hydrogen) atoms. The van der Waals surface area contributed by atoms with E-state index in [1.807, 2.05) is 38.9 Å². The van der Waals surface area contributed by atoms with Crippen LogP contribution in [0.3, 0.4) is 0 Å². The van der Waals surface area contributed by atoms with Crippen LogP contribution in [0, 0.1) is 19.7 Å². The van der Waals surface area contributed by atoms with Crippen LogP contribution < -0.4 is 4.90 Å². The quantitative estimate of drug-likeness (QED) is 0.536. The van der Waals surface area contributed by atoms with E-state index in [-0.39, 0.29) is 28.9 Å². The van der Waals surface area contributed by atoms with Crippen LogP contribution in [0.2, 0.25) is 5.02 Å². The summed E-state index contributed by atoms with van der Waals surface area (Å²) in [5.41, 5.74) is 3.41. The molecule has 4 nitrogen and oxygen atoms in total. The maximum absolute atomic E-state index is 13.4. The summed E-state index contributed by atoms with van der Waals surface area (Å²) in [4.78, 5) is 21.5. The van der Waals surface area contributed by atoms with Crippen molar-refractivity contribution in [2.45, 2.75) is 13.8 Å². The molecule has 0 bridgehead atoms. The van der Waals surface area contributed by atoms with Crippen LogP contribution >= 0.6 is 35.3 Å². The van der Waals surface area contributed by atoms with E-state index in [4.69, 9.17) is 16.6 Å². The highest BCUT2D eigenvalue weighted by Gasteiger charge is 2.24. The Kier molecular flexibility index (Phi) is 7.39. The van der Waals surface area contributed by atoms with Gasteiger partial charge in [0.1, 0.15) is 5.82 Å². The zero-order chi connectivity index (χ0) is 19.7. The smallest absolute Gasteiger partial charge is 0.261 e. The number of fused-ring (bicyclic) bond motifs is 1. The maximum atomic E-state index is 13.4. The number of aromatic nitrogens is 1. The van der Waals surface area contributed by atoms with E-state index in [2.05, 4.69) is 6.07 Å². The van der Waals surface area contributed by atoms with Gasteiger partial charge in [-0.15, -0.1) is 12.4 Å². The Labute approximate surface area is 179 Å². The summed E-state index contributed by atoms with van der Waals surface area (Å²) in [5.74, 6) is -0.752. The number of likely N-dealkylation sites (N-methyl/N-ethyl adjacent to an activating group) is 1. The van der Waals surface area contributed by atoms with Crippen molar-refractivity contribution >= 4 is 56.6 Å². The van der Waals surface area contributed by atoms with E-state index in [1.54, 1.807) is 4.90 Å². The van der Waals surface area contributed by atoms with E-state index in [0.717, 1.165) is 27.4 Å². The Hall–Kier alpha value is -1.73. The van der Waals surface area contributed by atoms with Crippen LogP contribution in [0.5, 0.6) is 0 Å². The largest absolute Gasteiger partial charge is 0.308 e. The Morgan fingerprint density at radius 3 is 2.54 bits per heavy atom. The molecule has 1 aromatic heterocycles. The predicted octanol–water partition coefficient (Wildman–Crippen LogP) is 5.34. The molecule has 2 aromatic carbocycles. The topological polar surface area (TPSA) is 36.4 Å². The molecule has 0 saturated heterocycles. The highest BCUT2D eigenvalue weighted by molar-refractivity contribution is 7.22. The monoisotopic (exact) mass is 441 g/mol. The lowest BCUT2D eigenvalue weighted by Crippen LogP contribution is -2.36. The number of hydrogen-bond donors (Lipinski definition) is 0. The van der Waals surface area contributed by atoms with Gasteiger partial charge >= 0.3 is 0 Å². The van der Waals surface area contributed by atoms with Crippen molar-refractivity contribution in [2.75, 3.05) is 32.1 Å². The number of anilines is 1. The summed E-state index contributed by atoms with van der Waals surface area (Å²) in [7, 11) is 3.89. The van der Waals surface area contributed by atoms with Crippen LogP contribution in [0.4, 0.5) is 9.52 Å². The third kappa shape index (κ3) is 4.81. The van der Waals surface area contributed by atoms with Crippen LogP contribution in [0.1, 0.15) is 21.5 Å². The molecule has 0 saturated carbocycles. The van der Waals surface area contributed by atoms with Gasteiger partial charge in [0.25, 0.3) is 5.91 Å². The molecule has 0 fully saturated rings. The normalized spacial score (nSPS) is 11.0. The van der Waals surface area contributed by atoms with Crippen LogP contribution in [-0.4, -0.2) is 43.0 Å². The minimum atomic E-state index is -0.470. The Bertz CT molecular complexity index is 1010. The third-order valence-corrected chi connectivity index (χ3v) is 5.76. The molecule has 0 aliphatic rings. The Morgan fingerprint density at radius 2 is 1.89 bits per heavy atom. The van der Waals surface area contributed by atoms with Crippen molar-refractivity contribution in [3.05, 3.63) is 57.9 Å². The third-order valence-electron chi connectivity index (χ3n) is 4.22. The zero-order valence-electron chi connectivity index (χ0n) is 16.1. The fourth-order valence-corrected chi connectivity index (χ4v) is 4.16. The highest BCUT2D eigenvalue weighted by atomic mass is 35.5. The van der Waals surface area contributed by atoms with Crippen molar-refractivity contribution < 1.29 is 9.18 Å². The van der Waals surface area contributed by atoms with Crippen molar-refractivity contribution in [2.24, 2.45) is 0 Å². The molecular weight excluding hydrogens is 420 g/mol. The summed E-state index contributed by atoms with van der Waals surface area (Å²) < 4.78 is 14.4. The first-order chi connectivity index (χ1) is 12.8. The van der Waals surface area contributed by atoms with Gasteiger partial charge in [0, 0.05) is 13.1 Å². The number of carbonyl (C=O) groups excluding carboxylic acids is 1. The molecule has 0 atom stereocenters. The standard InChI is InChI=1S/C20H21ClFN3OS.ClH/c1-12-9-13(2)18-17(10-12)23-20(27-18)25(8-7-24(3)4)19(26)15-6-5-14(22)11-16(15)21;/h5-6,9-11H,7-8H2,1-4H3;1H. The number of carbonyl (C=O) groups is 1. The number of thiazole rings is 1. The summed E-state index contributed by atoms with van der Waals surface area (Å²) in [6.45, 7) is 5.19. The molecular formula is C20H22Cl2FN3OS. The molecule has 0 radical (unpaired) electrons. The number of hydrogen-bond acceptors (Lipinski definition) is 4. The lowest BCUT2D eigenvalue weighted by molar-refractivity contribution is 0.0985. The molecule has 1 heterocycles. The molecule has 0 aliphatic heterocycles. The van der Waals surface area contributed by atoms with Crippen molar-refractivity contribution in [1.82, 2.24) is 9.88 Å². The van der Waals surface area contributed by atoms with E-state index in [9.17, 15) is 9.18 Å². The molecule has 3 rings (SSSR count). The second-order valence-electron chi connectivity index (χ2n) is 6.81. The lowest BCUT2D eigenvalue weighted by Gasteiger charge is -2.22. The van der Waals surface area contributed by atoms with Crippen molar-refractivity contribution in [3.8, 4) is 0 Å². The second kappa shape index (κ2) is 9.18. The highest BCUT2D eigenvalue weighted by Crippen LogP contribution is 2.33. The summed E-state index contributed by atoms with van der Waals surface area (Å²) in [6.07, 6.45) is 0. The fourth-order valence-electron chi connectivity index (χ4n) is 2.87. The average Bonchev–Trinajstić information content (AvgIpc) is 2.98. The van der Waals surface area contributed by atoms with E-state index in [0.29, 0.717) is 18.2 Å². The van der Waals surface area contributed by atoms with Gasteiger partial charge in [-0.2, -0.15) is 0 Å². The molecule has 150 valence electrons. The number of benzene rings is 2. The molecule has 3 aromatic rings. The molecule has 0 unspecified atom stereocenters. The van der Waals surface area contributed by atoms with Crippen molar-refractivity contribution in [3.63, 3.8) is 0 Å². The molecule has 0 aliphatic carbocycles. The van der Waals surface area contributed by atoms with Gasteiger partial charge in [0.2, 0.25) is 0 Å². The maximum Gasteiger partial charge on any atom is 0.261 e. The molecule has 8 heteroatoms. The molecule has 0 spiro atoms. The minimum absolute atomic E-state index is 0. The van der Waals surface area contributed by atoms with Gasteiger partial charge in [0.05, 0.1) is 20.8 Å². The molecule has 1 amide bonds. The van der Waals surface area contributed by atoms with E-state index >= 15 is 0 Å². The first-order valence-electron chi connectivity index (χ1n) is 8.55. The summed E-state index contributed by atoms with van der Waals surface area (Å²) in [5, 5.41) is 0.717. The lowest BCUT2D eigenvalue weighted by atomic mass is 10.1. The van der Waals surface area contributed by atoms with E-state index in [1.165, 1.54) is 23.5 Å². The van der Waals surface area contributed by atoms with Gasteiger partial charge in [-0.05, 0) is 63.3 Å². The zero-order valence-corrected chi connectivity index (χ0v) is 18.5. The molecule has 0 N–H and O–H groups in total. The van der Waals surface area contributed by atoms with Crippen molar-refractivity contribution in [1.29, 1.82) is 0 Å². The predicted molar refractivity (Wildman–Crippen MR) is 118 cm³/mol. The van der Waals surface area contributed by atoms with Gasteiger partial charge in [-0.25, -0.2) is 9.37 Å². The first kappa shape index (κ1) is 22.6. The van der Waals surface area contributed by atoms with Crippen LogP contribution in [0.15, 0.2) is 30.3 Å². The Balaban J connectivity index is 0.00000280. The number of halogens is 3. The number of nitrogens with zero attached hydrogens (tertiary/aromatic N) is 3. The minimum Gasteiger partial charge on any atom is -0.308 e. The van der Waals surface area contributed by atoms with Gasteiger partial charge < -0.3 is 4.90 Å². The first-order valence-corrected chi connectivity index (χ1v) is 9.75. The SMILES string of the molecule is Cc1cc(C)c2sc(N(CCN(C)C)C(=O)c3ccc(F)cc3Cl)nc2c1.Cl.